The van der Waals surface area contributed by atoms with Crippen molar-refractivity contribution in [3.05, 3.63) is 0 Å². The van der Waals surface area contributed by atoms with Crippen LogP contribution in [0.1, 0.15) is 51.4 Å². The predicted octanol–water partition coefficient (Wildman–Crippen LogP) is 0.729. The van der Waals surface area contributed by atoms with Crippen LogP contribution in [0.5, 0.6) is 0 Å². The van der Waals surface area contributed by atoms with E-state index < -0.39 is 17.4 Å². The van der Waals surface area contributed by atoms with E-state index in [1.165, 1.54) is 0 Å². The lowest BCUT2D eigenvalue weighted by atomic mass is 9.79. The first kappa shape index (κ1) is 16.3. The van der Waals surface area contributed by atoms with Crippen LogP contribution >= 0.6 is 0 Å². The van der Waals surface area contributed by atoms with Crippen LogP contribution < -0.4 is 16.4 Å². The molecule has 7 nitrogen and oxygen atoms in total. The standard InChI is InChI=1S/C13H23N3O4/c14-10(17)5-4-8-15-12(20)16-13(9-11(18)19)6-2-1-3-7-13/h1-9H2,(H2,14,17)(H,18,19)(H2,15,16,20). The number of primary amides is 1. The van der Waals surface area contributed by atoms with Crippen LogP contribution in [0.4, 0.5) is 4.79 Å². The van der Waals surface area contributed by atoms with Crippen molar-refractivity contribution in [1.82, 2.24) is 10.6 Å². The molecule has 0 heterocycles. The van der Waals surface area contributed by atoms with Crippen molar-refractivity contribution in [2.24, 2.45) is 5.73 Å². The van der Waals surface area contributed by atoms with Gasteiger partial charge in [-0.15, -0.1) is 0 Å². The molecule has 0 atom stereocenters. The van der Waals surface area contributed by atoms with Gasteiger partial charge in [-0.1, -0.05) is 19.3 Å². The number of hydrogen-bond donors (Lipinski definition) is 4. The lowest BCUT2D eigenvalue weighted by Gasteiger charge is -2.36. The second-order valence-electron chi connectivity index (χ2n) is 5.36. The van der Waals surface area contributed by atoms with Crippen LogP contribution in [0.3, 0.4) is 0 Å². The molecule has 5 N–H and O–H groups in total. The second-order valence-corrected chi connectivity index (χ2v) is 5.36. The molecule has 0 radical (unpaired) electrons. The Morgan fingerprint density at radius 3 is 2.35 bits per heavy atom. The largest absolute Gasteiger partial charge is 0.481 e. The molecule has 1 rings (SSSR count). The maximum atomic E-state index is 11.8. The zero-order valence-electron chi connectivity index (χ0n) is 11.6. The molecule has 1 aliphatic rings. The summed E-state index contributed by atoms with van der Waals surface area (Å²) in [5, 5.41) is 14.4. The third-order valence-electron chi connectivity index (χ3n) is 3.56. The predicted molar refractivity (Wildman–Crippen MR) is 73.0 cm³/mol. The average Bonchev–Trinajstić information content (AvgIpc) is 2.34. The molecule has 1 aliphatic carbocycles. The van der Waals surface area contributed by atoms with Gasteiger partial charge < -0.3 is 21.5 Å². The van der Waals surface area contributed by atoms with E-state index in [0.717, 1.165) is 19.3 Å². The first-order valence-corrected chi connectivity index (χ1v) is 7.00. The fourth-order valence-electron chi connectivity index (χ4n) is 2.61. The fourth-order valence-corrected chi connectivity index (χ4v) is 2.61. The lowest BCUT2D eigenvalue weighted by Crippen LogP contribution is -2.54. The van der Waals surface area contributed by atoms with Gasteiger partial charge in [0.2, 0.25) is 5.91 Å². The van der Waals surface area contributed by atoms with Crippen molar-refractivity contribution in [3.8, 4) is 0 Å². The molecule has 1 saturated carbocycles. The SMILES string of the molecule is NC(=O)CCCNC(=O)NC1(CC(=O)O)CCCCC1. The molecule has 114 valence electrons. The van der Waals surface area contributed by atoms with Crippen molar-refractivity contribution >= 4 is 17.9 Å². The van der Waals surface area contributed by atoms with Gasteiger partial charge in [0, 0.05) is 13.0 Å². The van der Waals surface area contributed by atoms with Crippen molar-refractivity contribution in [2.45, 2.75) is 56.9 Å². The molecule has 0 aromatic rings. The Labute approximate surface area is 118 Å². The number of carbonyl (C=O) groups is 3. The van der Waals surface area contributed by atoms with Gasteiger partial charge in [0.15, 0.2) is 0 Å². The minimum Gasteiger partial charge on any atom is -0.481 e. The Morgan fingerprint density at radius 1 is 1.15 bits per heavy atom. The van der Waals surface area contributed by atoms with E-state index in [0.29, 0.717) is 25.8 Å². The molecule has 0 unspecified atom stereocenters. The highest BCUT2D eigenvalue weighted by atomic mass is 16.4. The van der Waals surface area contributed by atoms with Crippen LogP contribution in [0.2, 0.25) is 0 Å². The molecule has 0 aromatic carbocycles. The minimum absolute atomic E-state index is 0.0539. The highest BCUT2D eigenvalue weighted by Crippen LogP contribution is 2.31. The number of rotatable bonds is 7. The van der Waals surface area contributed by atoms with E-state index in [1.54, 1.807) is 0 Å². The van der Waals surface area contributed by atoms with Gasteiger partial charge in [-0.05, 0) is 19.3 Å². The molecule has 1 fully saturated rings. The van der Waals surface area contributed by atoms with Crippen LogP contribution in [-0.2, 0) is 9.59 Å². The van der Waals surface area contributed by atoms with Gasteiger partial charge in [-0.3, -0.25) is 9.59 Å². The van der Waals surface area contributed by atoms with Crippen LogP contribution in [-0.4, -0.2) is 35.1 Å². The number of aliphatic carboxylic acids is 1. The number of carbonyl (C=O) groups excluding carboxylic acids is 2. The van der Waals surface area contributed by atoms with E-state index in [4.69, 9.17) is 10.8 Å². The Morgan fingerprint density at radius 2 is 1.80 bits per heavy atom. The molecule has 0 saturated heterocycles. The summed E-state index contributed by atoms with van der Waals surface area (Å²) in [6.45, 7) is 0.345. The third-order valence-corrected chi connectivity index (χ3v) is 3.56. The van der Waals surface area contributed by atoms with Gasteiger partial charge in [-0.25, -0.2) is 4.79 Å². The highest BCUT2D eigenvalue weighted by molar-refractivity contribution is 5.77. The number of nitrogens with one attached hydrogen (secondary N) is 2. The van der Waals surface area contributed by atoms with Gasteiger partial charge in [0.05, 0.1) is 12.0 Å². The zero-order chi connectivity index (χ0) is 15.0. The van der Waals surface area contributed by atoms with E-state index in [1.807, 2.05) is 0 Å². The fraction of sp³-hybridized carbons (Fsp3) is 0.769. The second kappa shape index (κ2) is 7.72. The summed E-state index contributed by atoms with van der Waals surface area (Å²) in [5.74, 6) is -1.30. The lowest BCUT2D eigenvalue weighted by molar-refractivity contribution is -0.139. The van der Waals surface area contributed by atoms with E-state index in [-0.39, 0.29) is 18.9 Å². The smallest absolute Gasteiger partial charge is 0.315 e. The first-order valence-electron chi connectivity index (χ1n) is 7.00. The quantitative estimate of drug-likeness (QED) is 0.515. The molecule has 20 heavy (non-hydrogen) atoms. The van der Waals surface area contributed by atoms with Gasteiger partial charge in [-0.2, -0.15) is 0 Å². The monoisotopic (exact) mass is 285 g/mol. The normalized spacial score (nSPS) is 17.2. The van der Waals surface area contributed by atoms with Crippen LogP contribution in [0.15, 0.2) is 0 Å². The van der Waals surface area contributed by atoms with Crippen molar-refractivity contribution < 1.29 is 19.5 Å². The van der Waals surface area contributed by atoms with Crippen molar-refractivity contribution in [1.29, 1.82) is 0 Å². The van der Waals surface area contributed by atoms with Gasteiger partial charge >= 0.3 is 12.0 Å². The maximum Gasteiger partial charge on any atom is 0.315 e. The molecule has 3 amide bonds. The molecule has 0 aromatic heterocycles. The number of urea groups is 1. The Kier molecular flexibility index (Phi) is 6.27. The van der Waals surface area contributed by atoms with Crippen molar-refractivity contribution in [3.63, 3.8) is 0 Å². The molecular weight excluding hydrogens is 262 g/mol. The van der Waals surface area contributed by atoms with Gasteiger partial charge in [0.25, 0.3) is 0 Å². The topological polar surface area (TPSA) is 122 Å². The zero-order valence-corrected chi connectivity index (χ0v) is 11.6. The Hall–Kier alpha value is -1.79. The number of hydrogen-bond acceptors (Lipinski definition) is 3. The van der Waals surface area contributed by atoms with Crippen LogP contribution in [0, 0.1) is 0 Å². The molecular formula is C13H23N3O4. The molecule has 7 heteroatoms. The Bertz CT molecular complexity index is 365. The number of nitrogens with two attached hydrogens (primary N) is 1. The summed E-state index contributed by atoms with van der Waals surface area (Å²) in [6, 6.07) is -0.377. The summed E-state index contributed by atoms with van der Waals surface area (Å²) in [4.78, 5) is 33.3. The third kappa shape index (κ3) is 5.90. The summed E-state index contributed by atoms with van der Waals surface area (Å²) in [7, 11) is 0. The summed E-state index contributed by atoms with van der Waals surface area (Å²) in [5.41, 5.74) is 4.36. The average molecular weight is 285 g/mol. The van der Waals surface area contributed by atoms with E-state index >= 15 is 0 Å². The molecule has 0 spiro atoms. The number of amides is 3. The summed E-state index contributed by atoms with van der Waals surface area (Å²) < 4.78 is 0. The Balaban J connectivity index is 2.41. The number of carboxylic acids is 1. The first-order chi connectivity index (χ1) is 9.43. The summed E-state index contributed by atoms with van der Waals surface area (Å²) >= 11 is 0. The molecule has 0 bridgehead atoms. The minimum atomic E-state index is -0.902. The summed E-state index contributed by atoms with van der Waals surface area (Å²) in [6.07, 6.45) is 4.95. The van der Waals surface area contributed by atoms with Crippen LogP contribution in [0.25, 0.3) is 0 Å². The van der Waals surface area contributed by atoms with E-state index in [9.17, 15) is 14.4 Å². The van der Waals surface area contributed by atoms with Crippen molar-refractivity contribution in [2.75, 3.05) is 6.54 Å². The highest BCUT2D eigenvalue weighted by Gasteiger charge is 2.35. The van der Waals surface area contributed by atoms with E-state index in [2.05, 4.69) is 10.6 Å². The number of carboxylic acid groups (broad SMARTS) is 1. The maximum absolute atomic E-state index is 11.8. The van der Waals surface area contributed by atoms with Gasteiger partial charge in [0.1, 0.15) is 0 Å². The molecule has 0 aliphatic heterocycles.